The van der Waals surface area contributed by atoms with Crippen LogP contribution in [-0.4, -0.2) is 42.0 Å². The fraction of sp³-hybridized carbons (Fsp3) is 0.583. The van der Waals surface area contributed by atoms with E-state index >= 15 is 0 Å². The van der Waals surface area contributed by atoms with Gasteiger partial charge in [-0.1, -0.05) is 13.8 Å². The van der Waals surface area contributed by atoms with Gasteiger partial charge in [0.2, 0.25) is 0 Å². The van der Waals surface area contributed by atoms with Gasteiger partial charge in [-0.3, -0.25) is 10.1 Å². The molecular weight excluding hydrogens is 246 g/mol. The van der Waals surface area contributed by atoms with Gasteiger partial charge in [-0.05, 0) is 19.5 Å². The van der Waals surface area contributed by atoms with Crippen LogP contribution in [0.5, 0.6) is 0 Å². The molecule has 0 unspecified atom stereocenters. The third-order valence-corrected chi connectivity index (χ3v) is 2.53. The van der Waals surface area contributed by atoms with Gasteiger partial charge in [0.15, 0.2) is 0 Å². The Hall–Kier alpha value is -1.89. The Morgan fingerprint density at radius 1 is 1.47 bits per heavy atom. The van der Waals surface area contributed by atoms with E-state index in [1.807, 2.05) is 14.1 Å². The zero-order valence-electron chi connectivity index (χ0n) is 11.8. The zero-order valence-corrected chi connectivity index (χ0v) is 11.8. The molecule has 0 saturated heterocycles. The van der Waals surface area contributed by atoms with Gasteiger partial charge in [0.25, 0.3) is 5.69 Å². The second-order valence-electron chi connectivity index (χ2n) is 5.65. The lowest BCUT2D eigenvalue weighted by atomic mass is 9.93. The lowest BCUT2D eigenvalue weighted by molar-refractivity contribution is -0.384. The minimum atomic E-state index is -0.478. The summed E-state index contributed by atoms with van der Waals surface area (Å²) in [6.07, 6.45) is 0. The Morgan fingerprint density at radius 2 is 2.11 bits per heavy atom. The van der Waals surface area contributed by atoms with E-state index in [9.17, 15) is 10.1 Å². The van der Waals surface area contributed by atoms with Crippen LogP contribution in [0.1, 0.15) is 13.8 Å². The Labute approximate surface area is 113 Å². The van der Waals surface area contributed by atoms with Crippen molar-refractivity contribution in [2.75, 3.05) is 38.2 Å². The highest BCUT2D eigenvalue weighted by atomic mass is 16.6. The molecule has 0 saturated carbocycles. The van der Waals surface area contributed by atoms with E-state index in [0.29, 0.717) is 12.4 Å². The van der Waals surface area contributed by atoms with Crippen LogP contribution in [0.15, 0.2) is 12.1 Å². The smallest absolute Gasteiger partial charge is 0.276 e. The lowest BCUT2D eigenvalue weighted by Crippen LogP contribution is -2.34. The van der Waals surface area contributed by atoms with Crippen molar-refractivity contribution in [3.63, 3.8) is 0 Å². The van der Waals surface area contributed by atoms with Crippen molar-refractivity contribution < 1.29 is 4.92 Å². The van der Waals surface area contributed by atoms with E-state index in [-0.39, 0.29) is 16.9 Å². The van der Waals surface area contributed by atoms with Crippen LogP contribution in [0.2, 0.25) is 0 Å². The van der Waals surface area contributed by atoms with Crippen LogP contribution >= 0.6 is 0 Å². The minimum absolute atomic E-state index is 0.0184. The molecule has 0 aliphatic rings. The first-order chi connectivity index (χ1) is 8.69. The maximum Gasteiger partial charge on any atom is 0.276 e. The van der Waals surface area contributed by atoms with Gasteiger partial charge in [-0.25, -0.2) is 4.98 Å². The number of pyridine rings is 1. The number of hydrogen-bond donors (Lipinski definition) is 2. The molecule has 0 aromatic carbocycles. The molecular formula is C12H21N5O2. The SMILES string of the molecule is CN(C)CC(C)(C)CNc1cc([N+](=O)[O-])cc(N)n1. The van der Waals surface area contributed by atoms with Crippen LogP contribution in [0, 0.1) is 15.5 Å². The van der Waals surface area contributed by atoms with E-state index in [1.165, 1.54) is 12.1 Å². The van der Waals surface area contributed by atoms with Crippen molar-refractivity contribution in [2.24, 2.45) is 5.41 Å². The number of hydrogen-bond acceptors (Lipinski definition) is 6. The third-order valence-electron chi connectivity index (χ3n) is 2.53. The normalized spacial score (nSPS) is 11.6. The largest absolute Gasteiger partial charge is 0.383 e. The molecule has 7 nitrogen and oxygen atoms in total. The maximum atomic E-state index is 10.7. The Kier molecular flexibility index (Phi) is 4.66. The van der Waals surface area contributed by atoms with Crippen LogP contribution in [0.25, 0.3) is 0 Å². The molecule has 106 valence electrons. The molecule has 0 amide bonds. The number of anilines is 2. The summed E-state index contributed by atoms with van der Waals surface area (Å²) in [5, 5.41) is 13.8. The van der Waals surface area contributed by atoms with Crippen LogP contribution < -0.4 is 11.1 Å². The van der Waals surface area contributed by atoms with Gasteiger partial charge in [0.1, 0.15) is 11.6 Å². The Balaban J connectivity index is 2.75. The summed E-state index contributed by atoms with van der Waals surface area (Å²) >= 11 is 0. The summed E-state index contributed by atoms with van der Waals surface area (Å²) < 4.78 is 0. The van der Waals surface area contributed by atoms with Crippen LogP contribution in [0.3, 0.4) is 0 Å². The molecule has 0 fully saturated rings. The first-order valence-electron chi connectivity index (χ1n) is 6.00. The summed E-state index contributed by atoms with van der Waals surface area (Å²) in [7, 11) is 4.01. The molecule has 1 aromatic rings. The number of nitro groups is 1. The second kappa shape index (κ2) is 5.83. The number of nitrogen functional groups attached to an aromatic ring is 1. The van der Waals surface area contributed by atoms with Crippen molar-refractivity contribution >= 4 is 17.3 Å². The molecule has 7 heteroatoms. The highest BCUT2D eigenvalue weighted by Gasteiger charge is 2.19. The van der Waals surface area contributed by atoms with E-state index in [2.05, 4.69) is 29.0 Å². The van der Waals surface area contributed by atoms with Crippen LogP contribution in [-0.2, 0) is 0 Å². The number of nitrogens with one attached hydrogen (secondary N) is 1. The summed E-state index contributed by atoms with van der Waals surface area (Å²) in [6.45, 7) is 5.77. The molecule has 0 atom stereocenters. The van der Waals surface area contributed by atoms with Crippen molar-refractivity contribution in [1.82, 2.24) is 9.88 Å². The van der Waals surface area contributed by atoms with Gasteiger partial charge < -0.3 is 16.0 Å². The molecule has 0 bridgehead atoms. The Bertz CT molecular complexity index is 459. The lowest BCUT2D eigenvalue weighted by Gasteiger charge is -2.28. The predicted octanol–water partition coefficient (Wildman–Crippen LogP) is 1.57. The summed E-state index contributed by atoms with van der Waals surface area (Å²) in [4.78, 5) is 16.4. The highest BCUT2D eigenvalue weighted by Crippen LogP contribution is 2.21. The number of aromatic nitrogens is 1. The zero-order chi connectivity index (χ0) is 14.6. The van der Waals surface area contributed by atoms with Gasteiger partial charge in [0.05, 0.1) is 17.1 Å². The molecule has 1 heterocycles. The van der Waals surface area contributed by atoms with E-state index in [4.69, 9.17) is 5.73 Å². The molecule has 0 aliphatic carbocycles. The maximum absolute atomic E-state index is 10.7. The van der Waals surface area contributed by atoms with Gasteiger partial charge in [-0.2, -0.15) is 0 Å². The molecule has 0 spiro atoms. The fourth-order valence-corrected chi connectivity index (χ4v) is 1.97. The molecule has 0 radical (unpaired) electrons. The monoisotopic (exact) mass is 267 g/mol. The van der Waals surface area contributed by atoms with Gasteiger partial charge >= 0.3 is 0 Å². The summed E-state index contributed by atoms with van der Waals surface area (Å²) in [6, 6.07) is 2.64. The van der Waals surface area contributed by atoms with E-state index in [1.54, 1.807) is 0 Å². The average Bonchev–Trinajstić information content (AvgIpc) is 2.24. The molecule has 3 N–H and O–H groups in total. The standard InChI is InChI=1S/C12H21N5O2/c1-12(2,8-16(3)4)7-14-11-6-9(17(18)19)5-10(13)15-11/h5-6H,7-8H2,1-4H3,(H3,13,14,15). The Morgan fingerprint density at radius 3 is 2.63 bits per heavy atom. The van der Waals surface area contributed by atoms with E-state index in [0.717, 1.165) is 6.54 Å². The summed E-state index contributed by atoms with van der Waals surface area (Å²) in [5.41, 5.74) is 5.52. The molecule has 1 rings (SSSR count). The topological polar surface area (TPSA) is 97.3 Å². The third kappa shape index (κ3) is 5.09. The summed E-state index contributed by atoms with van der Waals surface area (Å²) in [5.74, 6) is 0.570. The first-order valence-corrected chi connectivity index (χ1v) is 6.00. The fourth-order valence-electron chi connectivity index (χ4n) is 1.97. The number of nitrogens with zero attached hydrogens (tertiary/aromatic N) is 3. The van der Waals surface area contributed by atoms with Crippen LogP contribution in [0.4, 0.5) is 17.3 Å². The molecule has 1 aromatic heterocycles. The quantitative estimate of drug-likeness (QED) is 0.600. The highest BCUT2D eigenvalue weighted by molar-refractivity contribution is 5.52. The van der Waals surface area contributed by atoms with Crippen molar-refractivity contribution in [3.05, 3.63) is 22.2 Å². The molecule has 0 aliphatic heterocycles. The minimum Gasteiger partial charge on any atom is -0.383 e. The number of nitrogens with two attached hydrogens (primary N) is 1. The molecule has 19 heavy (non-hydrogen) atoms. The van der Waals surface area contributed by atoms with E-state index < -0.39 is 4.92 Å². The van der Waals surface area contributed by atoms with Crippen molar-refractivity contribution in [2.45, 2.75) is 13.8 Å². The second-order valence-corrected chi connectivity index (χ2v) is 5.65. The van der Waals surface area contributed by atoms with Gasteiger partial charge in [0, 0.05) is 13.1 Å². The van der Waals surface area contributed by atoms with Gasteiger partial charge in [-0.15, -0.1) is 0 Å². The predicted molar refractivity (Wildman–Crippen MR) is 76.1 cm³/mol. The first kappa shape index (κ1) is 15.2. The average molecular weight is 267 g/mol. The van der Waals surface area contributed by atoms with Crippen molar-refractivity contribution in [3.8, 4) is 0 Å². The number of rotatable bonds is 6. The van der Waals surface area contributed by atoms with Crippen molar-refractivity contribution in [1.29, 1.82) is 0 Å².